The van der Waals surface area contributed by atoms with E-state index in [9.17, 15) is 22.9 Å². The van der Waals surface area contributed by atoms with Gasteiger partial charge in [0.2, 0.25) is 0 Å². The summed E-state index contributed by atoms with van der Waals surface area (Å²) >= 11 is 5.76. The van der Waals surface area contributed by atoms with Crippen molar-refractivity contribution in [2.24, 2.45) is 0 Å². The molecule has 1 N–H and O–H groups in total. The summed E-state index contributed by atoms with van der Waals surface area (Å²) in [6.45, 7) is 0. The first-order valence-corrected chi connectivity index (χ1v) is 7.38. The molecule has 0 saturated heterocycles. The minimum absolute atomic E-state index is 0.204. The average Bonchev–Trinajstić information content (AvgIpc) is 2.41. The van der Waals surface area contributed by atoms with E-state index in [4.69, 9.17) is 11.6 Å². The number of nitrogens with zero attached hydrogens (tertiary/aromatic N) is 1. The predicted octanol–water partition coefficient (Wildman–Crippen LogP) is 3.19. The molecule has 0 amide bonds. The highest BCUT2D eigenvalue weighted by atomic mass is 35.5. The summed E-state index contributed by atoms with van der Waals surface area (Å²) in [5, 5.41) is 10.5. The SMILES string of the molecule is O=[N+]([O-])c1ccc(Cl)c(S(=O)(=O)Nc2ccccc2F)c1. The van der Waals surface area contributed by atoms with E-state index in [0.29, 0.717) is 0 Å². The molecule has 0 saturated carbocycles. The van der Waals surface area contributed by atoms with Crippen LogP contribution in [0.3, 0.4) is 0 Å². The first-order chi connectivity index (χ1) is 9.81. The molecule has 110 valence electrons. The van der Waals surface area contributed by atoms with Crippen LogP contribution >= 0.6 is 11.6 Å². The number of para-hydroxylation sites is 1. The molecule has 6 nitrogen and oxygen atoms in total. The van der Waals surface area contributed by atoms with Crippen molar-refractivity contribution >= 4 is 33.0 Å². The Labute approximate surface area is 124 Å². The molecule has 0 aliphatic carbocycles. The topological polar surface area (TPSA) is 89.3 Å². The highest BCUT2D eigenvalue weighted by Crippen LogP contribution is 2.28. The van der Waals surface area contributed by atoms with Crippen molar-refractivity contribution in [3.8, 4) is 0 Å². The first kappa shape index (κ1) is 15.2. The lowest BCUT2D eigenvalue weighted by Crippen LogP contribution is -2.14. The molecule has 0 atom stereocenters. The molecule has 0 spiro atoms. The van der Waals surface area contributed by atoms with Crippen molar-refractivity contribution in [3.63, 3.8) is 0 Å². The van der Waals surface area contributed by atoms with Crippen LogP contribution < -0.4 is 4.72 Å². The van der Waals surface area contributed by atoms with Gasteiger partial charge in [-0.25, -0.2) is 12.8 Å². The zero-order valence-electron chi connectivity index (χ0n) is 10.3. The van der Waals surface area contributed by atoms with Crippen LogP contribution in [0.25, 0.3) is 0 Å². The minimum Gasteiger partial charge on any atom is -0.277 e. The van der Waals surface area contributed by atoms with Crippen LogP contribution in [0.1, 0.15) is 0 Å². The highest BCUT2D eigenvalue weighted by molar-refractivity contribution is 7.92. The zero-order chi connectivity index (χ0) is 15.6. The van der Waals surface area contributed by atoms with Crippen LogP contribution in [0.15, 0.2) is 47.4 Å². The summed E-state index contributed by atoms with van der Waals surface area (Å²) < 4.78 is 39.8. The van der Waals surface area contributed by atoms with E-state index in [1.54, 1.807) is 0 Å². The van der Waals surface area contributed by atoms with Crippen LogP contribution in [0.2, 0.25) is 5.02 Å². The fraction of sp³-hybridized carbons (Fsp3) is 0. The molecule has 2 aromatic rings. The zero-order valence-corrected chi connectivity index (χ0v) is 11.9. The number of nitro groups is 1. The Bertz CT molecular complexity index is 811. The summed E-state index contributed by atoms with van der Waals surface area (Å²) in [7, 11) is -4.25. The molecule has 0 radical (unpaired) electrons. The van der Waals surface area contributed by atoms with Gasteiger partial charge in [0.1, 0.15) is 10.7 Å². The van der Waals surface area contributed by atoms with Gasteiger partial charge in [-0.05, 0) is 18.2 Å². The highest BCUT2D eigenvalue weighted by Gasteiger charge is 2.22. The lowest BCUT2D eigenvalue weighted by atomic mass is 10.3. The molecule has 0 unspecified atom stereocenters. The standard InChI is InChI=1S/C12H8ClFN2O4S/c13-9-6-5-8(16(17)18)7-12(9)21(19,20)15-11-4-2-1-3-10(11)14/h1-7,15H. The van der Waals surface area contributed by atoms with Gasteiger partial charge in [0.15, 0.2) is 0 Å². The molecule has 0 aromatic heterocycles. The smallest absolute Gasteiger partial charge is 0.270 e. The number of benzene rings is 2. The number of hydrogen-bond donors (Lipinski definition) is 1. The van der Waals surface area contributed by atoms with Gasteiger partial charge in [0, 0.05) is 12.1 Å². The summed E-state index contributed by atoms with van der Waals surface area (Å²) in [4.78, 5) is 9.44. The summed E-state index contributed by atoms with van der Waals surface area (Å²) in [5.74, 6) is -0.775. The number of hydrogen-bond acceptors (Lipinski definition) is 4. The van der Waals surface area contributed by atoms with Crippen molar-refractivity contribution in [3.05, 3.63) is 63.4 Å². The Morgan fingerprint density at radius 2 is 1.86 bits per heavy atom. The van der Waals surface area contributed by atoms with E-state index in [1.165, 1.54) is 18.2 Å². The third-order valence-corrected chi connectivity index (χ3v) is 4.38. The van der Waals surface area contributed by atoms with E-state index in [2.05, 4.69) is 0 Å². The molecule has 21 heavy (non-hydrogen) atoms. The van der Waals surface area contributed by atoms with Crippen LogP contribution in [0.4, 0.5) is 15.8 Å². The van der Waals surface area contributed by atoms with E-state index >= 15 is 0 Å². The second-order valence-corrected chi connectivity index (χ2v) is 6.02. The number of sulfonamides is 1. The van der Waals surface area contributed by atoms with E-state index in [-0.39, 0.29) is 10.7 Å². The number of anilines is 1. The van der Waals surface area contributed by atoms with Crippen LogP contribution in [0.5, 0.6) is 0 Å². The van der Waals surface area contributed by atoms with Crippen molar-refractivity contribution in [2.45, 2.75) is 4.90 Å². The van der Waals surface area contributed by atoms with Gasteiger partial charge in [-0.1, -0.05) is 23.7 Å². The second kappa shape index (κ2) is 5.66. The van der Waals surface area contributed by atoms with Crippen molar-refractivity contribution < 1.29 is 17.7 Å². The Morgan fingerprint density at radius 1 is 1.19 bits per heavy atom. The van der Waals surface area contributed by atoms with Crippen molar-refractivity contribution in [2.75, 3.05) is 4.72 Å². The first-order valence-electron chi connectivity index (χ1n) is 5.52. The van der Waals surface area contributed by atoms with E-state index < -0.39 is 31.3 Å². The van der Waals surface area contributed by atoms with Crippen molar-refractivity contribution in [1.29, 1.82) is 0 Å². The van der Waals surface area contributed by atoms with Gasteiger partial charge in [-0.2, -0.15) is 0 Å². The van der Waals surface area contributed by atoms with Gasteiger partial charge >= 0.3 is 0 Å². The summed E-state index contributed by atoms with van der Waals surface area (Å²) in [6.07, 6.45) is 0. The largest absolute Gasteiger partial charge is 0.277 e. The fourth-order valence-electron chi connectivity index (χ4n) is 1.56. The quantitative estimate of drug-likeness (QED) is 0.688. The number of rotatable bonds is 4. The maximum absolute atomic E-state index is 13.5. The molecule has 2 rings (SSSR count). The van der Waals surface area contributed by atoms with Gasteiger partial charge in [-0.3, -0.25) is 14.8 Å². The Hall–Kier alpha value is -2.19. The molecule has 0 aliphatic heterocycles. The lowest BCUT2D eigenvalue weighted by Gasteiger charge is -2.10. The molecule has 2 aromatic carbocycles. The van der Waals surface area contributed by atoms with Gasteiger partial charge < -0.3 is 0 Å². The molecule has 9 heteroatoms. The third-order valence-electron chi connectivity index (χ3n) is 2.53. The van der Waals surface area contributed by atoms with Crippen molar-refractivity contribution in [1.82, 2.24) is 0 Å². The molecule has 0 heterocycles. The molecule has 0 aliphatic rings. The monoisotopic (exact) mass is 330 g/mol. The van der Waals surface area contributed by atoms with Gasteiger partial charge in [0.05, 0.1) is 15.6 Å². The van der Waals surface area contributed by atoms with Crippen LogP contribution in [-0.2, 0) is 10.0 Å². The molecule has 0 fully saturated rings. The summed E-state index contributed by atoms with van der Waals surface area (Å²) in [6, 6.07) is 8.11. The Morgan fingerprint density at radius 3 is 2.48 bits per heavy atom. The van der Waals surface area contributed by atoms with Crippen LogP contribution in [-0.4, -0.2) is 13.3 Å². The van der Waals surface area contributed by atoms with Gasteiger partial charge in [-0.15, -0.1) is 0 Å². The number of nitro benzene ring substituents is 1. The number of non-ortho nitro benzene ring substituents is 1. The van der Waals surface area contributed by atoms with Gasteiger partial charge in [0.25, 0.3) is 15.7 Å². The van der Waals surface area contributed by atoms with E-state index in [1.807, 2.05) is 4.72 Å². The molecular formula is C12H8ClFN2O4S. The minimum atomic E-state index is -4.25. The lowest BCUT2D eigenvalue weighted by molar-refractivity contribution is -0.385. The van der Waals surface area contributed by atoms with Crippen LogP contribution in [0, 0.1) is 15.9 Å². The normalized spacial score (nSPS) is 11.1. The maximum atomic E-state index is 13.5. The molecule has 0 bridgehead atoms. The number of nitrogens with one attached hydrogen (secondary N) is 1. The Balaban J connectivity index is 2.47. The fourth-order valence-corrected chi connectivity index (χ4v) is 3.14. The predicted molar refractivity (Wildman–Crippen MR) is 75.3 cm³/mol. The number of halogens is 2. The second-order valence-electron chi connectivity index (χ2n) is 3.96. The molecular weight excluding hydrogens is 323 g/mol. The third kappa shape index (κ3) is 3.29. The Kier molecular flexibility index (Phi) is 4.10. The van der Waals surface area contributed by atoms with E-state index in [0.717, 1.165) is 24.3 Å². The summed E-state index contributed by atoms with van der Waals surface area (Å²) in [5.41, 5.74) is -0.714. The maximum Gasteiger partial charge on any atom is 0.270 e. The average molecular weight is 331 g/mol.